The van der Waals surface area contributed by atoms with E-state index in [2.05, 4.69) is 20.5 Å². The zero-order chi connectivity index (χ0) is 18.3. The van der Waals surface area contributed by atoms with Crippen LogP contribution in [0.2, 0.25) is 0 Å². The zero-order valence-electron chi connectivity index (χ0n) is 15.7. The number of nitrogens with one attached hydrogen (secondary N) is 2. The smallest absolute Gasteiger partial charge is 0.227 e. The van der Waals surface area contributed by atoms with Gasteiger partial charge < -0.3 is 20.3 Å². The molecule has 1 aliphatic heterocycles. The maximum absolute atomic E-state index is 11.9. The normalized spacial score (nSPS) is 16.5. The predicted octanol–water partition coefficient (Wildman–Crippen LogP) is 1.88. The van der Waals surface area contributed by atoms with E-state index in [0.717, 1.165) is 37.6 Å². The van der Waals surface area contributed by atoms with Gasteiger partial charge in [-0.3, -0.25) is 9.79 Å². The Hall–Kier alpha value is -2.24. The first-order chi connectivity index (χ1) is 12.0. The van der Waals surface area contributed by atoms with Gasteiger partial charge in [-0.2, -0.15) is 0 Å². The third-order valence-corrected chi connectivity index (χ3v) is 4.53. The molecule has 1 amide bonds. The molecule has 1 heterocycles. The Balaban J connectivity index is 1.82. The van der Waals surface area contributed by atoms with E-state index >= 15 is 0 Å². The summed E-state index contributed by atoms with van der Waals surface area (Å²) < 4.78 is 6.04. The second-order valence-corrected chi connectivity index (χ2v) is 6.98. The van der Waals surface area contributed by atoms with Gasteiger partial charge >= 0.3 is 0 Å². The van der Waals surface area contributed by atoms with Crippen molar-refractivity contribution in [3.63, 3.8) is 0 Å². The lowest BCUT2D eigenvalue weighted by Crippen LogP contribution is -2.51. The number of piperidine rings is 1. The highest BCUT2D eigenvalue weighted by molar-refractivity contribution is 5.84. The van der Waals surface area contributed by atoms with Crippen molar-refractivity contribution >= 4 is 11.9 Å². The molecule has 6 heteroatoms. The fraction of sp³-hybridized carbons (Fsp3) is 0.579. The number of nitrogens with zero attached hydrogens (tertiary/aromatic N) is 2. The van der Waals surface area contributed by atoms with E-state index in [9.17, 15) is 4.79 Å². The average molecular weight is 346 g/mol. The molecule has 0 radical (unpaired) electrons. The third kappa shape index (κ3) is 5.37. The second-order valence-electron chi connectivity index (χ2n) is 6.98. The molecule has 0 aliphatic carbocycles. The molecule has 25 heavy (non-hydrogen) atoms. The van der Waals surface area contributed by atoms with Gasteiger partial charge in [0, 0.05) is 46.6 Å². The predicted molar refractivity (Wildman–Crippen MR) is 101 cm³/mol. The van der Waals surface area contributed by atoms with E-state index < -0.39 is 5.41 Å². The lowest BCUT2D eigenvalue weighted by atomic mass is 9.92. The quantitative estimate of drug-likeness (QED) is 0.631. The van der Waals surface area contributed by atoms with Crippen molar-refractivity contribution in [2.45, 2.75) is 32.8 Å². The van der Waals surface area contributed by atoms with Gasteiger partial charge in [-0.25, -0.2) is 0 Å². The van der Waals surface area contributed by atoms with Gasteiger partial charge in [-0.1, -0.05) is 18.2 Å². The number of aliphatic imine (C=N–C) groups is 1. The summed E-state index contributed by atoms with van der Waals surface area (Å²) in [6.45, 7) is 6.16. The Morgan fingerprint density at radius 2 is 1.92 bits per heavy atom. The number of hydrogen-bond donors (Lipinski definition) is 2. The van der Waals surface area contributed by atoms with Crippen LogP contribution in [0, 0.1) is 5.41 Å². The van der Waals surface area contributed by atoms with Crippen LogP contribution in [-0.4, -0.2) is 56.6 Å². The van der Waals surface area contributed by atoms with Crippen LogP contribution < -0.4 is 15.4 Å². The number of carbonyl (C=O) groups excluding carboxylic acids is 1. The average Bonchev–Trinajstić information content (AvgIpc) is 2.63. The molecular weight excluding hydrogens is 316 g/mol. The van der Waals surface area contributed by atoms with Crippen molar-refractivity contribution in [2.24, 2.45) is 10.4 Å². The SMILES string of the molecule is CN=C(NCC(C)(C)C(=O)NC)N1CCC(Oc2ccccc2)CC1. The Morgan fingerprint density at radius 3 is 2.48 bits per heavy atom. The Labute approximate surface area is 150 Å². The lowest BCUT2D eigenvalue weighted by Gasteiger charge is -2.35. The van der Waals surface area contributed by atoms with E-state index in [0.29, 0.717) is 6.54 Å². The number of carbonyl (C=O) groups is 1. The van der Waals surface area contributed by atoms with Crippen LogP contribution in [0.3, 0.4) is 0 Å². The summed E-state index contributed by atoms with van der Waals surface area (Å²) in [5.74, 6) is 1.79. The molecule has 138 valence electrons. The van der Waals surface area contributed by atoms with E-state index in [4.69, 9.17) is 4.74 Å². The summed E-state index contributed by atoms with van der Waals surface area (Å²) in [7, 11) is 3.44. The van der Waals surface area contributed by atoms with Crippen LogP contribution in [-0.2, 0) is 4.79 Å². The maximum Gasteiger partial charge on any atom is 0.227 e. The number of rotatable bonds is 5. The molecule has 0 atom stereocenters. The zero-order valence-corrected chi connectivity index (χ0v) is 15.7. The van der Waals surface area contributed by atoms with Crippen LogP contribution >= 0.6 is 0 Å². The molecule has 2 N–H and O–H groups in total. The van der Waals surface area contributed by atoms with Gasteiger partial charge in [0.05, 0.1) is 5.41 Å². The summed E-state index contributed by atoms with van der Waals surface area (Å²) in [4.78, 5) is 18.5. The van der Waals surface area contributed by atoms with Gasteiger partial charge in [-0.15, -0.1) is 0 Å². The van der Waals surface area contributed by atoms with Crippen molar-refractivity contribution in [2.75, 3.05) is 33.7 Å². The molecule has 2 rings (SSSR count). The minimum Gasteiger partial charge on any atom is -0.490 e. The number of amides is 1. The van der Waals surface area contributed by atoms with Crippen molar-refractivity contribution in [3.8, 4) is 5.75 Å². The number of likely N-dealkylation sites (tertiary alicyclic amines) is 1. The summed E-state index contributed by atoms with van der Waals surface area (Å²) >= 11 is 0. The number of para-hydroxylation sites is 1. The molecule has 1 fully saturated rings. The molecule has 0 saturated carbocycles. The summed E-state index contributed by atoms with van der Waals surface area (Å²) in [5, 5.41) is 6.04. The van der Waals surface area contributed by atoms with Crippen LogP contribution in [0.4, 0.5) is 0 Å². The molecule has 0 bridgehead atoms. The van der Waals surface area contributed by atoms with E-state index in [1.807, 2.05) is 44.2 Å². The molecule has 1 aliphatic rings. The Bertz CT molecular complexity index is 578. The molecule has 0 unspecified atom stereocenters. The van der Waals surface area contributed by atoms with Crippen molar-refractivity contribution in [1.29, 1.82) is 0 Å². The fourth-order valence-electron chi connectivity index (χ4n) is 2.93. The highest BCUT2D eigenvalue weighted by Crippen LogP contribution is 2.19. The summed E-state index contributed by atoms with van der Waals surface area (Å²) in [5.41, 5.74) is -0.487. The Morgan fingerprint density at radius 1 is 1.28 bits per heavy atom. The van der Waals surface area contributed by atoms with Crippen LogP contribution in [0.5, 0.6) is 5.75 Å². The minimum absolute atomic E-state index is 0.0189. The molecule has 1 saturated heterocycles. The van der Waals surface area contributed by atoms with Gasteiger partial charge in [0.2, 0.25) is 5.91 Å². The number of benzene rings is 1. The van der Waals surface area contributed by atoms with E-state index in [-0.39, 0.29) is 12.0 Å². The molecular formula is C19H30N4O2. The largest absolute Gasteiger partial charge is 0.490 e. The van der Waals surface area contributed by atoms with E-state index in [1.165, 1.54) is 0 Å². The third-order valence-electron chi connectivity index (χ3n) is 4.53. The van der Waals surface area contributed by atoms with Crippen LogP contribution in [0.25, 0.3) is 0 Å². The van der Waals surface area contributed by atoms with Gasteiger partial charge in [-0.05, 0) is 26.0 Å². The Kier molecular flexibility index (Phi) is 6.67. The first kappa shape index (κ1) is 19.1. The summed E-state index contributed by atoms with van der Waals surface area (Å²) in [6, 6.07) is 9.96. The highest BCUT2D eigenvalue weighted by Gasteiger charge is 2.28. The van der Waals surface area contributed by atoms with Crippen molar-refractivity contribution in [1.82, 2.24) is 15.5 Å². The van der Waals surface area contributed by atoms with Gasteiger partial charge in [0.1, 0.15) is 11.9 Å². The van der Waals surface area contributed by atoms with Crippen LogP contribution in [0.1, 0.15) is 26.7 Å². The molecule has 1 aromatic rings. The standard InChI is InChI=1S/C19H30N4O2/c1-19(2,17(24)20-3)14-22-18(21-4)23-12-10-16(11-13-23)25-15-8-6-5-7-9-15/h5-9,16H,10-14H2,1-4H3,(H,20,24)(H,21,22). The van der Waals surface area contributed by atoms with Gasteiger partial charge in [0.25, 0.3) is 0 Å². The maximum atomic E-state index is 11.9. The molecule has 6 nitrogen and oxygen atoms in total. The van der Waals surface area contributed by atoms with Crippen LogP contribution in [0.15, 0.2) is 35.3 Å². The molecule has 0 spiro atoms. The number of ether oxygens (including phenoxy) is 1. The molecule has 1 aromatic carbocycles. The minimum atomic E-state index is -0.487. The van der Waals surface area contributed by atoms with Crippen molar-refractivity contribution in [3.05, 3.63) is 30.3 Å². The second kappa shape index (κ2) is 8.74. The summed E-state index contributed by atoms with van der Waals surface area (Å²) in [6.07, 6.45) is 2.14. The topological polar surface area (TPSA) is 66.0 Å². The fourth-order valence-corrected chi connectivity index (χ4v) is 2.93. The van der Waals surface area contributed by atoms with Crippen molar-refractivity contribution < 1.29 is 9.53 Å². The number of guanidine groups is 1. The number of hydrogen-bond acceptors (Lipinski definition) is 3. The highest BCUT2D eigenvalue weighted by atomic mass is 16.5. The first-order valence-corrected chi connectivity index (χ1v) is 8.86. The molecule has 0 aromatic heterocycles. The van der Waals surface area contributed by atoms with Gasteiger partial charge in [0.15, 0.2) is 5.96 Å². The first-order valence-electron chi connectivity index (χ1n) is 8.86. The lowest BCUT2D eigenvalue weighted by molar-refractivity contribution is -0.128. The monoisotopic (exact) mass is 346 g/mol. The van der Waals surface area contributed by atoms with E-state index in [1.54, 1.807) is 14.1 Å².